The number of hydrogen-bond acceptors (Lipinski definition) is 2. The Hall–Kier alpha value is -1.92. The number of allylic oxidation sites excluding steroid dienone is 1. The van der Waals surface area contributed by atoms with Crippen molar-refractivity contribution < 1.29 is 9.53 Å². The molecule has 0 aliphatic heterocycles. The van der Waals surface area contributed by atoms with Crippen molar-refractivity contribution in [2.45, 2.75) is 33.1 Å². The van der Waals surface area contributed by atoms with Crippen LogP contribution in [-0.2, 0) is 9.53 Å². The Morgan fingerprint density at radius 1 is 0.958 bits per heavy atom. The quantitative estimate of drug-likeness (QED) is 0.393. The number of carbonyl (C=O) groups is 1. The van der Waals surface area contributed by atoms with Crippen LogP contribution in [0.25, 0.3) is 0 Å². The minimum atomic E-state index is -0.709. The zero-order chi connectivity index (χ0) is 17.2. The number of ether oxygens (including phenoxy) is 1. The van der Waals surface area contributed by atoms with E-state index < -0.39 is 7.92 Å². The van der Waals surface area contributed by atoms with E-state index in [0.29, 0.717) is 6.61 Å². The predicted octanol–water partition coefficient (Wildman–Crippen LogP) is 4.76. The highest BCUT2D eigenvalue weighted by Crippen LogP contribution is 2.45. The number of hydrogen-bond donors (Lipinski definition) is 0. The van der Waals surface area contributed by atoms with Crippen LogP contribution in [0, 0.1) is 0 Å². The van der Waals surface area contributed by atoms with Crippen molar-refractivity contribution in [3.05, 3.63) is 72.1 Å². The molecule has 2 aromatic rings. The molecule has 24 heavy (non-hydrogen) atoms. The first-order valence-electron chi connectivity index (χ1n) is 8.53. The molecule has 126 valence electrons. The van der Waals surface area contributed by atoms with Gasteiger partial charge in [0.15, 0.2) is 0 Å². The lowest BCUT2D eigenvalue weighted by atomic mass is 10.2. The summed E-state index contributed by atoms with van der Waals surface area (Å²) in [6, 6.07) is 20.9. The molecule has 0 spiro atoms. The number of unbranched alkanes of at least 4 members (excludes halogenated alkanes) is 1. The number of benzene rings is 2. The van der Waals surface area contributed by atoms with Gasteiger partial charge in [-0.3, -0.25) is 0 Å². The van der Waals surface area contributed by atoms with Crippen molar-refractivity contribution in [3.63, 3.8) is 0 Å². The number of carbonyl (C=O) groups excluding carboxylic acids is 1. The second kappa shape index (κ2) is 10.1. The summed E-state index contributed by atoms with van der Waals surface area (Å²) < 4.78 is 5.17. The second-order valence-electron chi connectivity index (χ2n) is 5.50. The maximum Gasteiger partial charge on any atom is 0.331 e. The van der Waals surface area contributed by atoms with E-state index in [1.165, 1.54) is 15.9 Å². The fraction of sp³-hybridized carbons (Fsp3) is 0.286. The molecule has 2 rings (SSSR count). The van der Waals surface area contributed by atoms with E-state index in [9.17, 15) is 4.79 Å². The zero-order valence-electron chi connectivity index (χ0n) is 14.4. The molecule has 0 amide bonds. The van der Waals surface area contributed by atoms with E-state index in [1.807, 2.05) is 19.1 Å². The van der Waals surface area contributed by atoms with Gasteiger partial charge < -0.3 is 4.74 Å². The van der Waals surface area contributed by atoms with Crippen molar-refractivity contribution in [2.75, 3.05) is 6.61 Å². The van der Waals surface area contributed by atoms with Crippen LogP contribution in [0.2, 0.25) is 0 Å². The molecule has 3 heteroatoms. The largest absolute Gasteiger partial charge is 0.463 e. The summed E-state index contributed by atoms with van der Waals surface area (Å²) >= 11 is 0. The number of rotatable bonds is 8. The van der Waals surface area contributed by atoms with Crippen LogP contribution in [0.3, 0.4) is 0 Å². The lowest BCUT2D eigenvalue weighted by Gasteiger charge is -2.22. The molecule has 0 saturated heterocycles. The third-order valence-corrected chi connectivity index (χ3v) is 6.23. The molecule has 0 aromatic heterocycles. The van der Waals surface area contributed by atoms with E-state index in [-0.39, 0.29) is 5.97 Å². The summed E-state index contributed by atoms with van der Waals surface area (Å²) in [5.74, 6) is -0.233. The molecule has 0 atom stereocenters. The van der Waals surface area contributed by atoms with E-state index in [2.05, 4.69) is 55.5 Å². The van der Waals surface area contributed by atoms with Crippen molar-refractivity contribution in [1.82, 2.24) is 0 Å². The van der Waals surface area contributed by atoms with E-state index in [1.54, 1.807) is 6.08 Å². The first kappa shape index (κ1) is 18.4. The monoisotopic (exact) mass is 340 g/mol. The molecule has 0 fully saturated rings. The fourth-order valence-electron chi connectivity index (χ4n) is 2.56. The zero-order valence-corrected chi connectivity index (χ0v) is 15.3. The molecule has 2 nitrogen and oxygen atoms in total. The van der Waals surface area contributed by atoms with Gasteiger partial charge >= 0.3 is 5.97 Å². The van der Waals surface area contributed by atoms with Gasteiger partial charge in [0.25, 0.3) is 0 Å². The predicted molar refractivity (Wildman–Crippen MR) is 103 cm³/mol. The lowest BCUT2D eigenvalue weighted by Crippen LogP contribution is -2.14. The Labute approximate surface area is 146 Å². The molecule has 0 radical (unpaired) electrons. The normalized spacial score (nSPS) is 11.5. The highest BCUT2D eigenvalue weighted by Gasteiger charge is 2.19. The lowest BCUT2D eigenvalue weighted by molar-refractivity contribution is -0.137. The minimum absolute atomic E-state index is 0.233. The van der Waals surface area contributed by atoms with Gasteiger partial charge in [-0.15, -0.1) is 0 Å². The van der Waals surface area contributed by atoms with Crippen LogP contribution in [0.1, 0.15) is 33.1 Å². The van der Waals surface area contributed by atoms with Crippen LogP contribution in [0.15, 0.2) is 72.1 Å². The van der Waals surface area contributed by atoms with E-state index in [4.69, 9.17) is 4.74 Å². The van der Waals surface area contributed by atoms with E-state index >= 15 is 0 Å². The SMILES string of the molecule is CCCC/C(=C\C(=O)OCC)P(c1ccccc1)c1ccccc1. The van der Waals surface area contributed by atoms with Crippen LogP contribution >= 0.6 is 7.92 Å². The van der Waals surface area contributed by atoms with Gasteiger partial charge in [-0.2, -0.15) is 0 Å². The van der Waals surface area contributed by atoms with Crippen molar-refractivity contribution in [3.8, 4) is 0 Å². The third kappa shape index (κ3) is 5.32. The van der Waals surface area contributed by atoms with Crippen LogP contribution < -0.4 is 10.6 Å². The Morgan fingerprint density at radius 2 is 1.50 bits per heavy atom. The van der Waals surface area contributed by atoms with E-state index in [0.717, 1.165) is 19.3 Å². The summed E-state index contributed by atoms with van der Waals surface area (Å²) in [7, 11) is -0.709. The average Bonchev–Trinajstić information content (AvgIpc) is 2.62. The van der Waals surface area contributed by atoms with Gasteiger partial charge in [-0.05, 0) is 43.6 Å². The topological polar surface area (TPSA) is 26.3 Å². The van der Waals surface area contributed by atoms with Gasteiger partial charge in [0, 0.05) is 6.08 Å². The summed E-state index contributed by atoms with van der Waals surface area (Å²) in [6.45, 7) is 4.43. The summed E-state index contributed by atoms with van der Waals surface area (Å²) in [6.07, 6.45) is 4.83. The van der Waals surface area contributed by atoms with Gasteiger partial charge in [0.2, 0.25) is 0 Å². The van der Waals surface area contributed by atoms with Gasteiger partial charge in [-0.1, -0.05) is 74.0 Å². The summed E-state index contributed by atoms with van der Waals surface area (Å²) in [4.78, 5) is 12.1. The highest BCUT2D eigenvalue weighted by molar-refractivity contribution is 7.76. The molecule has 0 aliphatic rings. The molecule has 0 heterocycles. The van der Waals surface area contributed by atoms with Gasteiger partial charge in [0.1, 0.15) is 0 Å². The van der Waals surface area contributed by atoms with Crippen LogP contribution in [-0.4, -0.2) is 12.6 Å². The standard InChI is InChI=1S/C21H25O2P/c1-3-5-12-20(17-21(22)23-4-2)24(18-13-8-6-9-14-18)19-15-10-7-11-16-19/h6-11,13-17H,3-5,12H2,1-2H3/b20-17+. The minimum Gasteiger partial charge on any atom is -0.463 e. The Bertz CT molecular complexity index is 611. The number of esters is 1. The van der Waals surface area contributed by atoms with Gasteiger partial charge in [0.05, 0.1) is 6.61 Å². The third-order valence-electron chi connectivity index (χ3n) is 3.67. The molecular weight excluding hydrogens is 315 g/mol. The Balaban J connectivity index is 2.46. The molecule has 0 saturated carbocycles. The molecule has 0 bridgehead atoms. The van der Waals surface area contributed by atoms with Crippen LogP contribution in [0.4, 0.5) is 0 Å². The first-order valence-corrected chi connectivity index (χ1v) is 9.88. The Kier molecular flexibility index (Phi) is 7.71. The second-order valence-corrected chi connectivity index (χ2v) is 7.78. The maximum atomic E-state index is 12.1. The summed E-state index contributed by atoms with van der Waals surface area (Å²) in [5, 5.41) is 3.72. The highest BCUT2D eigenvalue weighted by atomic mass is 31.1. The average molecular weight is 340 g/mol. The molecular formula is C21H25O2P. The molecule has 0 N–H and O–H groups in total. The molecule has 0 aliphatic carbocycles. The van der Waals surface area contributed by atoms with Gasteiger partial charge in [-0.25, -0.2) is 4.79 Å². The summed E-state index contributed by atoms with van der Waals surface area (Å²) in [5.41, 5.74) is 0. The first-order chi connectivity index (χ1) is 11.8. The molecule has 2 aromatic carbocycles. The fourth-order valence-corrected chi connectivity index (χ4v) is 5.08. The maximum absolute atomic E-state index is 12.1. The smallest absolute Gasteiger partial charge is 0.331 e. The van der Waals surface area contributed by atoms with Crippen molar-refractivity contribution >= 4 is 24.5 Å². The Morgan fingerprint density at radius 3 is 1.96 bits per heavy atom. The van der Waals surface area contributed by atoms with Crippen molar-refractivity contribution in [2.24, 2.45) is 0 Å². The molecule has 0 unspecified atom stereocenters. The van der Waals surface area contributed by atoms with Crippen molar-refractivity contribution in [1.29, 1.82) is 0 Å². The van der Waals surface area contributed by atoms with Crippen LogP contribution in [0.5, 0.6) is 0 Å².